The highest BCUT2D eigenvalue weighted by molar-refractivity contribution is 8.18. The van der Waals surface area contributed by atoms with Crippen LogP contribution >= 0.6 is 11.8 Å². The monoisotopic (exact) mass is 291 g/mol. The van der Waals surface area contributed by atoms with Crippen molar-refractivity contribution >= 4 is 34.9 Å². The molecule has 2 fully saturated rings. The molecule has 1 aromatic heterocycles. The summed E-state index contributed by atoms with van der Waals surface area (Å²) in [7, 11) is 0. The third kappa shape index (κ3) is 2.81. The molecule has 2 N–H and O–H groups in total. The zero-order chi connectivity index (χ0) is 13.9. The average molecular weight is 291 g/mol. The van der Waals surface area contributed by atoms with Crippen LogP contribution in [0.4, 0.5) is 10.7 Å². The van der Waals surface area contributed by atoms with Gasteiger partial charge in [-0.15, -0.1) is 0 Å². The van der Waals surface area contributed by atoms with Crippen molar-refractivity contribution in [1.82, 2.24) is 20.6 Å². The molecule has 1 aromatic rings. The van der Waals surface area contributed by atoms with Gasteiger partial charge in [0.2, 0.25) is 5.95 Å². The second-order valence-corrected chi connectivity index (χ2v) is 5.39. The summed E-state index contributed by atoms with van der Waals surface area (Å²) in [5, 5.41) is 5.14. The van der Waals surface area contributed by atoms with Gasteiger partial charge in [-0.2, -0.15) is 0 Å². The van der Waals surface area contributed by atoms with Crippen LogP contribution in [-0.4, -0.2) is 47.3 Å². The number of nitrogens with one attached hydrogen (secondary N) is 2. The predicted octanol–water partition coefficient (Wildman–Crippen LogP) is 0.210. The summed E-state index contributed by atoms with van der Waals surface area (Å²) >= 11 is 0.887. The Bertz CT molecular complexity index is 583. The first-order chi connectivity index (χ1) is 9.72. The molecule has 0 radical (unpaired) electrons. The van der Waals surface area contributed by atoms with E-state index in [0.29, 0.717) is 16.5 Å². The lowest BCUT2D eigenvalue weighted by Crippen LogP contribution is -2.44. The van der Waals surface area contributed by atoms with Crippen molar-refractivity contribution in [2.24, 2.45) is 0 Å². The highest BCUT2D eigenvalue weighted by atomic mass is 32.2. The van der Waals surface area contributed by atoms with Crippen molar-refractivity contribution in [3.63, 3.8) is 0 Å². The van der Waals surface area contributed by atoms with E-state index in [2.05, 4.69) is 25.5 Å². The number of imide groups is 1. The summed E-state index contributed by atoms with van der Waals surface area (Å²) in [6.45, 7) is 3.52. The van der Waals surface area contributed by atoms with Crippen molar-refractivity contribution in [2.75, 3.05) is 31.1 Å². The maximum atomic E-state index is 11.5. The van der Waals surface area contributed by atoms with E-state index in [1.165, 1.54) is 0 Å². The molecule has 2 aliphatic heterocycles. The van der Waals surface area contributed by atoms with Gasteiger partial charge in [-0.3, -0.25) is 14.9 Å². The number of nitrogens with zero attached hydrogens (tertiary/aromatic N) is 3. The first-order valence-corrected chi connectivity index (χ1v) is 7.07. The zero-order valence-corrected chi connectivity index (χ0v) is 11.4. The fourth-order valence-electron chi connectivity index (χ4n) is 2.01. The first-order valence-electron chi connectivity index (χ1n) is 6.26. The maximum Gasteiger partial charge on any atom is 0.290 e. The van der Waals surface area contributed by atoms with Gasteiger partial charge in [0, 0.05) is 32.4 Å². The van der Waals surface area contributed by atoms with Crippen LogP contribution in [0.25, 0.3) is 6.08 Å². The van der Waals surface area contributed by atoms with Crippen LogP contribution in [-0.2, 0) is 4.79 Å². The van der Waals surface area contributed by atoms with Crippen LogP contribution in [0.2, 0.25) is 0 Å². The number of carbonyl (C=O) groups is 2. The summed E-state index contributed by atoms with van der Waals surface area (Å²) in [5.74, 6) is 0.276. The second-order valence-electron chi connectivity index (χ2n) is 4.37. The van der Waals surface area contributed by atoms with Crippen molar-refractivity contribution in [3.05, 3.63) is 22.9 Å². The molecule has 2 amide bonds. The maximum absolute atomic E-state index is 11.5. The van der Waals surface area contributed by atoms with E-state index in [1.54, 1.807) is 18.3 Å². The summed E-state index contributed by atoms with van der Waals surface area (Å²) in [6.07, 6.45) is 3.27. The average Bonchev–Trinajstić information content (AvgIpc) is 2.78. The van der Waals surface area contributed by atoms with Crippen LogP contribution < -0.4 is 15.5 Å². The number of thioether (sulfide) groups is 1. The molecule has 0 saturated carbocycles. The molecule has 3 rings (SSSR count). The van der Waals surface area contributed by atoms with E-state index in [1.807, 2.05) is 0 Å². The lowest BCUT2D eigenvalue weighted by Gasteiger charge is -2.27. The quantitative estimate of drug-likeness (QED) is 0.753. The number of rotatable bonds is 2. The van der Waals surface area contributed by atoms with Crippen LogP contribution in [0.3, 0.4) is 0 Å². The number of piperazine rings is 1. The Kier molecular flexibility index (Phi) is 3.66. The van der Waals surface area contributed by atoms with Gasteiger partial charge >= 0.3 is 0 Å². The normalized spacial score (nSPS) is 21.4. The number of amides is 2. The van der Waals surface area contributed by atoms with Crippen LogP contribution in [0, 0.1) is 0 Å². The van der Waals surface area contributed by atoms with E-state index in [-0.39, 0.29) is 11.1 Å². The van der Waals surface area contributed by atoms with Gasteiger partial charge in [0.1, 0.15) is 0 Å². The molecule has 8 heteroatoms. The van der Waals surface area contributed by atoms with E-state index >= 15 is 0 Å². The summed E-state index contributed by atoms with van der Waals surface area (Å²) < 4.78 is 0. The molecule has 7 nitrogen and oxygen atoms in total. The number of anilines is 1. The Morgan fingerprint density at radius 1 is 1.30 bits per heavy atom. The van der Waals surface area contributed by atoms with Gasteiger partial charge in [-0.05, 0) is 23.9 Å². The second kappa shape index (κ2) is 5.59. The number of hydrogen-bond acceptors (Lipinski definition) is 7. The Labute approximate surface area is 119 Å². The van der Waals surface area contributed by atoms with Crippen molar-refractivity contribution in [2.45, 2.75) is 0 Å². The van der Waals surface area contributed by atoms with E-state index in [0.717, 1.165) is 37.9 Å². The molecule has 20 heavy (non-hydrogen) atoms. The van der Waals surface area contributed by atoms with Crippen LogP contribution in [0.1, 0.15) is 5.69 Å². The third-order valence-electron chi connectivity index (χ3n) is 2.99. The minimum atomic E-state index is -0.373. The molecule has 2 aliphatic rings. The fraction of sp³-hybridized carbons (Fsp3) is 0.333. The van der Waals surface area contributed by atoms with Crippen molar-refractivity contribution < 1.29 is 9.59 Å². The molecular weight excluding hydrogens is 278 g/mol. The van der Waals surface area contributed by atoms with Gasteiger partial charge < -0.3 is 10.2 Å². The lowest BCUT2D eigenvalue weighted by atomic mass is 10.3. The number of aromatic nitrogens is 2. The van der Waals surface area contributed by atoms with E-state index in [4.69, 9.17) is 0 Å². The molecule has 0 aromatic carbocycles. The zero-order valence-electron chi connectivity index (χ0n) is 10.6. The Morgan fingerprint density at radius 2 is 2.10 bits per heavy atom. The summed E-state index contributed by atoms with van der Waals surface area (Å²) in [4.78, 5) is 33.7. The van der Waals surface area contributed by atoms with Crippen molar-refractivity contribution in [1.29, 1.82) is 0 Å². The van der Waals surface area contributed by atoms with Crippen LogP contribution in [0.15, 0.2) is 17.2 Å². The minimum Gasteiger partial charge on any atom is -0.338 e. The van der Waals surface area contributed by atoms with Gasteiger partial charge in [0.15, 0.2) is 0 Å². The molecule has 0 bridgehead atoms. The smallest absolute Gasteiger partial charge is 0.290 e. The Hall–Kier alpha value is -1.93. The molecule has 0 unspecified atom stereocenters. The van der Waals surface area contributed by atoms with Crippen molar-refractivity contribution in [3.8, 4) is 0 Å². The molecule has 104 valence electrons. The van der Waals surface area contributed by atoms with Crippen LogP contribution in [0.5, 0.6) is 0 Å². The highest BCUT2D eigenvalue weighted by Gasteiger charge is 2.25. The first kappa shape index (κ1) is 13.1. The number of carbonyl (C=O) groups excluding carboxylic acids is 2. The summed E-state index contributed by atoms with van der Waals surface area (Å²) in [6, 6.07) is 1.72. The Morgan fingerprint density at radius 3 is 2.80 bits per heavy atom. The van der Waals surface area contributed by atoms with E-state index < -0.39 is 0 Å². The highest BCUT2D eigenvalue weighted by Crippen LogP contribution is 2.25. The topological polar surface area (TPSA) is 87.2 Å². The molecule has 0 atom stereocenters. The minimum absolute atomic E-state index is 0.349. The molecule has 0 spiro atoms. The van der Waals surface area contributed by atoms with Gasteiger partial charge in [-0.1, -0.05) is 0 Å². The standard InChI is InChI=1S/C12H13N5O2S/c18-10-9(20-12(19)16-10)7-8-1-2-14-11(15-8)17-5-3-13-4-6-17/h1-2,7,13H,3-6H2,(H,16,18,19). The molecular formula is C12H13N5O2S. The van der Waals surface area contributed by atoms with E-state index in [9.17, 15) is 9.59 Å². The van der Waals surface area contributed by atoms with Gasteiger partial charge in [-0.25, -0.2) is 9.97 Å². The molecule has 3 heterocycles. The molecule has 0 aliphatic carbocycles. The fourth-order valence-corrected chi connectivity index (χ4v) is 2.68. The predicted molar refractivity (Wildman–Crippen MR) is 76.2 cm³/mol. The van der Waals surface area contributed by atoms with Gasteiger partial charge in [0.25, 0.3) is 11.1 Å². The SMILES string of the molecule is O=C1NC(=O)C(=Cc2ccnc(N3CCNCC3)n2)S1. The Balaban J connectivity index is 1.82. The molecule has 2 saturated heterocycles. The number of hydrogen-bond donors (Lipinski definition) is 2. The lowest BCUT2D eigenvalue weighted by molar-refractivity contribution is -0.115. The third-order valence-corrected chi connectivity index (χ3v) is 3.80. The van der Waals surface area contributed by atoms with Gasteiger partial charge in [0.05, 0.1) is 10.6 Å². The largest absolute Gasteiger partial charge is 0.338 e. The summed E-state index contributed by atoms with van der Waals surface area (Å²) in [5.41, 5.74) is 0.626.